The molecule has 1 heterocycles. The fourth-order valence-corrected chi connectivity index (χ4v) is 1.65. The maximum atomic E-state index is 10.4. The van der Waals surface area contributed by atoms with Crippen molar-refractivity contribution in [2.24, 2.45) is 0 Å². The van der Waals surface area contributed by atoms with E-state index in [1.165, 1.54) is 6.08 Å². The lowest BCUT2D eigenvalue weighted by atomic mass is 10.1. The van der Waals surface area contributed by atoms with Gasteiger partial charge in [-0.3, -0.25) is 4.57 Å². The number of rotatable bonds is 2. The highest BCUT2D eigenvalue weighted by Gasteiger charge is 2.29. The molecule has 0 saturated carbocycles. The Balaban J connectivity index is 2.55. The van der Waals surface area contributed by atoms with Gasteiger partial charge in [-0.15, -0.1) is 0 Å². The average Bonchev–Trinajstić information content (AvgIpc) is 2.24. The highest BCUT2D eigenvalue weighted by Crippen LogP contribution is 2.37. The molecule has 1 rings (SSSR count). The molecule has 0 aromatic carbocycles. The summed E-state index contributed by atoms with van der Waals surface area (Å²) in [6, 6.07) is 0. The summed E-state index contributed by atoms with van der Waals surface area (Å²) in [4.78, 5) is 17.0. The number of ether oxygens (including phenoxy) is 1. The minimum absolute atomic E-state index is 0.0681. The molecule has 1 aliphatic heterocycles. The maximum Gasteiger partial charge on any atom is 0.348 e. The molecule has 13 heavy (non-hydrogen) atoms. The van der Waals surface area contributed by atoms with E-state index in [9.17, 15) is 9.67 Å². The molecule has 1 unspecified atom stereocenters. The van der Waals surface area contributed by atoms with Crippen LogP contribution in [-0.4, -0.2) is 33.2 Å². The molecular weight excluding hydrogens is 195 g/mol. The highest BCUT2D eigenvalue weighted by molar-refractivity contribution is 7.55. The minimum Gasteiger partial charge on any atom is -0.390 e. The second-order valence-corrected chi connectivity index (χ2v) is 4.62. The summed E-state index contributed by atoms with van der Waals surface area (Å²) in [5.74, 6) is 0.763. The van der Waals surface area contributed by atoms with Crippen LogP contribution in [0, 0.1) is 0 Å². The predicted molar refractivity (Wildman–Crippen MR) is 46.1 cm³/mol. The Morgan fingerprint density at radius 2 is 2.15 bits per heavy atom. The molecule has 0 bridgehead atoms. The Morgan fingerprint density at radius 3 is 2.54 bits per heavy atom. The lowest BCUT2D eigenvalue weighted by molar-refractivity contribution is 0.0469. The molecule has 1 fully saturated rings. The third-order valence-electron chi connectivity index (χ3n) is 1.81. The molecule has 0 aromatic heterocycles. The summed E-state index contributed by atoms with van der Waals surface area (Å²) in [6.07, 6.45) is 0.382. The first kappa shape index (κ1) is 10.9. The van der Waals surface area contributed by atoms with E-state index in [2.05, 4.69) is 0 Å². The minimum atomic E-state index is -4.14. The van der Waals surface area contributed by atoms with Crippen LogP contribution in [-0.2, 0) is 9.30 Å². The molecule has 1 aliphatic rings. The monoisotopic (exact) mass is 208 g/mol. The van der Waals surface area contributed by atoms with Crippen LogP contribution in [0.3, 0.4) is 0 Å². The van der Waals surface area contributed by atoms with Crippen LogP contribution < -0.4 is 0 Å². The van der Waals surface area contributed by atoms with Crippen molar-refractivity contribution in [1.82, 2.24) is 0 Å². The first-order valence-corrected chi connectivity index (χ1v) is 5.65. The van der Waals surface area contributed by atoms with Crippen LogP contribution in [0.15, 0.2) is 11.9 Å². The van der Waals surface area contributed by atoms with E-state index < -0.39 is 19.8 Å². The molecule has 3 atom stereocenters. The van der Waals surface area contributed by atoms with Gasteiger partial charge in [-0.2, -0.15) is 0 Å². The first-order chi connectivity index (χ1) is 5.88. The maximum absolute atomic E-state index is 10.4. The number of aliphatic hydroxyl groups excluding tert-OH is 1. The van der Waals surface area contributed by atoms with Crippen molar-refractivity contribution in [3.8, 4) is 0 Å². The predicted octanol–water partition coefficient (Wildman–Crippen LogP) is 0.216. The Kier molecular flexibility index (Phi) is 3.27. The highest BCUT2D eigenvalue weighted by atomic mass is 31.2. The van der Waals surface area contributed by atoms with Gasteiger partial charge in [-0.05, 0) is 13.0 Å². The van der Waals surface area contributed by atoms with E-state index in [0.717, 1.165) is 5.82 Å². The largest absolute Gasteiger partial charge is 0.390 e. The third kappa shape index (κ3) is 3.58. The van der Waals surface area contributed by atoms with Crippen molar-refractivity contribution in [3.63, 3.8) is 0 Å². The Hall–Kier alpha value is -0.190. The average molecular weight is 208 g/mol. The number of hydrogen-bond donors (Lipinski definition) is 3. The van der Waals surface area contributed by atoms with E-state index >= 15 is 0 Å². The molecule has 0 radical (unpaired) electrons. The fraction of sp³-hybridized carbons (Fsp3) is 0.714. The topological polar surface area (TPSA) is 87.0 Å². The van der Waals surface area contributed by atoms with E-state index in [1.54, 1.807) is 6.92 Å². The lowest BCUT2D eigenvalue weighted by Gasteiger charge is -2.08. The second kappa shape index (κ2) is 3.90. The van der Waals surface area contributed by atoms with E-state index in [-0.39, 0.29) is 6.10 Å². The Morgan fingerprint density at radius 1 is 1.54 bits per heavy atom. The molecule has 0 aliphatic carbocycles. The van der Waals surface area contributed by atoms with Crippen LogP contribution in [0.5, 0.6) is 0 Å². The van der Waals surface area contributed by atoms with E-state index in [4.69, 9.17) is 14.5 Å². The van der Waals surface area contributed by atoms with Gasteiger partial charge in [-0.1, -0.05) is 0 Å². The Bertz CT molecular complexity index is 245. The van der Waals surface area contributed by atoms with Gasteiger partial charge >= 0.3 is 7.60 Å². The van der Waals surface area contributed by atoms with Crippen LogP contribution >= 0.6 is 7.60 Å². The second-order valence-electron chi connectivity index (χ2n) is 3.14. The van der Waals surface area contributed by atoms with Gasteiger partial charge in [0, 0.05) is 12.2 Å². The van der Waals surface area contributed by atoms with Crippen LogP contribution in [0.25, 0.3) is 0 Å². The molecule has 0 spiro atoms. The summed E-state index contributed by atoms with van der Waals surface area (Å²) >= 11 is 0. The number of aliphatic hydroxyl groups is 1. The molecule has 76 valence electrons. The van der Waals surface area contributed by atoms with Crippen molar-refractivity contribution in [2.75, 3.05) is 0 Å². The molecule has 5 nitrogen and oxygen atoms in total. The van der Waals surface area contributed by atoms with Crippen LogP contribution in [0.4, 0.5) is 0 Å². The van der Waals surface area contributed by atoms with Crippen LogP contribution in [0.1, 0.15) is 13.3 Å². The summed E-state index contributed by atoms with van der Waals surface area (Å²) < 4.78 is 15.6. The standard InChI is InChI=1S/C7H13O5P/c1-5-4-6(8)7(12-5)2-3-13(9,10)11/h2-3,5-8H,4H2,1H3,(H2,9,10,11)/b3-2+/t5-,6?,7+/m0/s1. The first-order valence-electron chi connectivity index (χ1n) is 3.96. The van der Waals surface area contributed by atoms with Gasteiger partial charge < -0.3 is 19.6 Å². The molecule has 6 heteroatoms. The van der Waals surface area contributed by atoms with Crippen molar-refractivity contribution in [3.05, 3.63) is 11.9 Å². The van der Waals surface area contributed by atoms with Gasteiger partial charge in [0.2, 0.25) is 0 Å². The molecule has 3 N–H and O–H groups in total. The summed E-state index contributed by atoms with van der Waals surface area (Å²) in [5.41, 5.74) is 0. The quantitative estimate of drug-likeness (QED) is 0.565. The van der Waals surface area contributed by atoms with Gasteiger partial charge in [-0.25, -0.2) is 0 Å². The summed E-state index contributed by atoms with van der Waals surface area (Å²) in [7, 11) is -4.14. The normalized spacial score (nSPS) is 35.8. The lowest BCUT2D eigenvalue weighted by Crippen LogP contribution is -2.17. The summed E-state index contributed by atoms with van der Waals surface area (Å²) in [6.45, 7) is 1.80. The van der Waals surface area contributed by atoms with E-state index in [1.807, 2.05) is 0 Å². The van der Waals surface area contributed by atoms with E-state index in [0.29, 0.717) is 6.42 Å². The van der Waals surface area contributed by atoms with Gasteiger partial charge in [0.25, 0.3) is 0 Å². The third-order valence-corrected chi connectivity index (χ3v) is 2.37. The van der Waals surface area contributed by atoms with Gasteiger partial charge in [0.05, 0.1) is 12.2 Å². The van der Waals surface area contributed by atoms with Crippen molar-refractivity contribution >= 4 is 7.60 Å². The van der Waals surface area contributed by atoms with Gasteiger partial charge in [0.15, 0.2) is 0 Å². The molecule has 1 saturated heterocycles. The van der Waals surface area contributed by atoms with Crippen molar-refractivity contribution < 1.29 is 24.2 Å². The van der Waals surface area contributed by atoms with Gasteiger partial charge in [0.1, 0.15) is 6.10 Å². The Labute approximate surface area is 76.2 Å². The molecular formula is C7H13O5P. The van der Waals surface area contributed by atoms with Crippen LogP contribution in [0.2, 0.25) is 0 Å². The zero-order chi connectivity index (χ0) is 10.1. The van der Waals surface area contributed by atoms with Crippen molar-refractivity contribution in [2.45, 2.75) is 31.7 Å². The number of hydrogen-bond acceptors (Lipinski definition) is 3. The summed E-state index contributed by atoms with van der Waals surface area (Å²) in [5, 5.41) is 9.33. The SMILES string of the molecule is C[C@H]1CC(O)[C@@H](/C=C/P(=O)(O)O)O1. The zero-order valence-corrected chi connectivity index (χ0v) is 8.09. The molecule has 0 amide bonds. The zero-order valence-electron chi connectivity index (χ0n) is 7.20. The smallest absolute Gasteiger partial charge is 0.348 e. The fourth-order valence-electron chi connectivity index (χ4n) is 1.26. The molecule has 0 aromatic rings. The van der Waals surface area contributed by atoms with Crippen molar-refractivity contribution in [1.29, 1.82) is 0 Å².